The van der Waals surface area contributed by atoms with Crippen molar-refractivity contribution in [3.63, 3.8) is 0 Å². The van der Waals surface area contributed by atoms with Crippen LogP contribution in [0.2, 0.25) is 0 Å². The number of hydrogen-bond donors (Lipinski definition) is 1. The zero-order valence-corrected chi connectivity index (χ0v) is 23.8. The molecule has 3 aliphatic rings. The molecule has 0 unspecified atom stereocenters. The number of benzene rings is 1. The molecule has 212 valence electrons. The summed E-state index contributed by atoms with van der Waals surface area (Å²) in [6.45, 7) is 13.4. The van der Waals surface area contributed by atoms with E-state index >= 15 is 0 Å². The first-order valence-electron chi connectivity index (χ1n) is 13.4. The minimum absolute atomic E-state index is 0.00188. The molecular weight excluding hydrogens is 500 g/mol. The summed E-state index contributed by atoms with van der Waals surface area (Å²) in [7, 11) is 0. The zero-order valence-electron chi connectivity index (χ0n) is 23.8. The lowest BCUT2D eigenvalue weighted by Gasteiger charge is -2.52. The quantitative estimate of drug-likeness (QED) is 0.547. The van der Waals surface area contributed by atoms with Gasteiger partial charge in [0.15, 0.2) is 0 Å². The van der Waals surface area contributed by atoms with E-state index in [4.69, 9.17) is 15.2 Å². The summed E-state index contributed by atoms with van der Waals surface area (Å²) in [5, 5.41) is 0. The maximum atomic E-state index is 13.1. The van der Waals surface area contributed by atoms with Gasteiger partial charge in [-0.15, -0.1) is 0 Å². The van der Waals surface area contributed by atoms with Crippen molar-refractivity contribution in [2.75, 3.05) is 24.5 Å². The van der Waals surface area contributed by atoms with Gasteiger partial charge in [-0.2, -0.15) is 0 Å². The van der Waals surface area contributed by atoms with E-state index in [0.717, 1.165) is 30.8 Å². The molecule has 1 fully saturated rings. The highest BCUT2D eigenvalue weighted by Gasteiger charge is 2.44. The average Bonchev–Trinajstić information content (AvgIpc) is 3.10. The molecule has 1 aromatic carbocycles. The number of esters is 1. The second kappa shape index (κ2) is 10.2. The first-order valence-corrected chi connectivity index (χ1v) is 13.4. The zero-order chi connectivity index (χ0) is 28.8. The number of rotatable bonds is 6. The number of primary amides is 1. The van der Waals surface area contributed by atoms with Crippen LogP contribution >= 0.6 is 0 Å². The lowest BCUT2D eigenvalue weighted by molar-refractivity contribution is -0.155. The van der Waals surface area contributed by atoms with Crippen molar-refractivity contribution in [2.45, 2.75) is 84.6 Å². The number of nitrogens with zero attached hydrogens (tertiary/aromatic N) is 3. The molecule has 0 bridgehead atoms. The summed E-state index contributed by atoms with van der Waals surface area (Å²) in [5.41, 5.74) is 6.85. The van der Waals surface area contributed by atoms with E-state index in [2.05, 4.69) is 11.0 Å². The third-order valence-electron chi connectivity index (χ3n) is 7.13. The Morgan fingerprint density at radius 3 is 2.28 bits per heavy atom. The van der Waals surface area contributed by atoms with Gasteiger partial charge < -0.3 is 25.0 Å². The number of carbonyl (C=O) groups excluding carboxylic acids is 4. The minimum atomic E-state index is -0.895. The number of nitrogens with two attached hydrogens (primary N) is 1. The van der Waals surface area contributed by atoms with Crippen LogP contribution in [-0.2, 0) is 25.6 Å². The average molecular weight is 541 g/mol. The van der Waals surface area contributed by atoms with Gasteiger partial charge in [-0.25, -0.2) is 4.79 Å². The predicted octanol–water partition coefficient (Wildman–Crippen LogP) is 3.58. The molecule has 2 N–H and O–H groups in total. The lowest BCUT2D eigenvalue weighted by Crippen LogP contribution is -2.58. The second-order valence-electron chi connectivity index (χ2n) is 12.8. The SMILES string of the molecule is CC(C)(C)OC(=O)CC[C@@H](C(N)=O)N1Cc2cc(N3CC4(C=CN(C(=O)OC(C)(C)C)CC4)C3)ccc2C1=O. The summed E-state index contributed by atoms with van der Waals surface area (Å²) in [4.78, 5) is 55.2. The topological polar surface area (TPSA) is 122 Å². The Hall–Kier alpha value is -3.56. The van der Waals surface area contributed by atoms with Gasteiger partial charge in [-0.3, -0.25) is 19.3 Å². The summed E-state index contributed by atoms with van der Waals surface area (Å²) in [6, 6.07) is 4.82. The van der Waals surface area contributed by atoms with Crippen LogP contribution in [0.15, 0.2) is 30.5 Å². The van der Waals surface area contributed by atoms with Crippen molar-refractivity contribution in [3.8, 4) is 0 Å². The molecule has 0 saturated carbocycles. The van der Waals surface area contributed by atoms with Crippen molar-refractivity contribution in [2.24, 2.45) is 11.1 Å². The maximum absolute atomic E-state index is 13.1. The Balaban J connectivity index is 1.37. The number of anilines is 1. The molecule has 0 radical (unpaired) electrons. The molecule has 39 heavy (non-hydrogen) atoms. The summed E-state index contributed by atoms with van der Waals surface area (Å²) < 4.78 is 10.8. The maximum Gasteiger partial charge on any atom is 0.414 e. The van der Waals surface area contributed by atoms with E-state index in [1.165, 1.54) is 4.90 Å². The molecule has 1 atom stereocenters. The molecule has 0 aliphatic carbocycles. The third-order valence-corrected chi connectivity index (χ3v) is 7.13. The summed E-state index contributed by atoms with van der Waals surface area (Å²) in [5.74, 6) is -1.34. The fourth-order valence-corrected chi connectivity index (χ4v) is 5.26. The number of hydrogen-bond acceptors (Lipinski definition) is 7. The normalized spacial score (nSPS) is 19.0. The molecule has 3 aliphatic heterocycles. The van der Waals surface area contributed by atoms with Crippen molar-refractivity contribution in [3.05, 3.63) is 41.6 Å². The van der Waals surface area contributed by atoms with Crippen molar-refractivity contribution in [1.29, 1.82) is 0 Å². The minimum Gasteiger partial charge on any atom is -0.460 e. The van der Waals surface area contributed by atoms with Gasteiger partial charge in [-0.05, 0) is 78.1 Å². The van der Waals surface area contributed by atoms with Gasteiger partial charge in [0.1, 0.15) is 17.2 Å². The van der Waals surface area contributed by atoms with Crippen LogP contribution in [0.25, 0.3) is 0 Å². The first-order chi connectivity index (χ1) is 18.1. The molecular formula is C29H40N4O6. The predicted molar refractivity (Wildman–Crippen MR) is 146 cm³/mol. The molecule has 1 saturated heterocycles. The molecule has 1 spiro atoms. The Bertz CT molecular complexity index is 1190. The second-order valence-corrected chi connectivity index (χ2v) is 12.8. The lowest BCUT2D eigenvalue weighted by atomic mass is 9.75. The number of fused-ring (bicyclic) bond motifs is 1. The third kappa shape index (κ3) is 6.54. The van der Waals surface area contributed by atoms with E-state index < -0.39 is 29.1 Å². The van der Waals surface area contributed by atoms with Gasteiger partial charge in [0, 0.05) is 55.5 Å². The van der Waals surface area contributed by atoms with Crippen LogP contribution in [0.1, 0.15) is 76.7 Å². The molecule has 4 rings (SSSR count). The van der Waals surface area contributed by atoms with Gasteiger partial charge in [0.25, 0.3) is 5.91 Å². The summed E-state index contributed by atoms with van der Waals surface area (Å²) in [6.07, 6.45) is 4.53. The van der Waals surface area contributed by atoms with E-state index in [9.17, 15) is 19.2 Å². The van der Waals surface area contributed by atoms with E-state index in [1.54, 1.807) is 31.7 Å². The van der Waals surface area contributed by atoms with E-state index in [-0.39, 0.29) is 36.8 Å². The fourth-order valence-electron chi connectivity index (χ4n) is 5.26. The van der Waals surface area contributed by atoms with Crippen LogP contribution in [0.3, 0.4) is 0 Å². The highest BCUT2D eigenvalue weighted by atomic mass is 16.6. The fraction of sp³-hybridized carbons (Fsp3) is 0.586. The molecule has 3 amide bonds. The molecule has 10 nitrogen and oxygen atoms in total. The van der Waals surface area contributed by atoms with Gasteiger partial charge in [0.05, 0.1) is 0 Å². The van der Waals surface area contributed by atoms with Gasteiger partial charge in [0.2, 0.25) is 5.91 Å². The molecule has 10 heteroatoms. The van der Waals surface area contributed by atoms with Gasteiger partial charge >= 0.3 is 12.1 Å². The summed E-state index contributed by atoms with van der Waals surface area (Å²) >= 11 is 0. The first kappa shape index (κ1) is 28.4. The number of amides is 3. The molecule has 3 heterocycles. The monoisotopic (exact) mass is 540 g/mol. The van der Waals surface area contributed by atoms with Crippen LogP contribution in [0.5, 0.6) is 0 Å². The largest absolute Gasteiger partial charge is 0.460 e. The van der Waals surface area contributed by atoms with Crippen LogP contribution < -0.4 is 10.6 Å². The Morgan fingerprint density at radius 2 is 1.72 bits per heavy atom. The number of ether oxygens (including phenoxy) is 2. The van der Waals surface area contributed by atoms with Crippen molar-refractivity contribution < 1.29 is 28.7 Å². The highest BCUT2D eigenvalue weighted by molar-refractivity contribution is 6.01. The standard InChI is InChI=1S/C29H40N4O6/c1-27(2,3)38-23(34)10-9-22(24(30)35)33-16-19-15-20(7-8-21(19)25(33)36)32-17-29(18-32)11-13-31(14-12-29)26(37)39-28(4,5)6/h7-8,11,13,15,22H,9-10,12,14,16-18H2,1-6H3,(H2,30,35)/t22-/m0/s1. The van der Waals surface area contributed by atoms with Crippen LogP contribution in [-0.4, -0.2) is 70.6 Å². The van der Waals surface area contributed by atoms with Crippen molar-refractivity contribution >= 4 is 29.6 Å². The van der Waals surface area contributed by atoms with Crippen LogP contribution in [0.4, 0.5) is 10.5 Å². The Kier molecular flexibility index (Phi) is 7.44. The Labute approximate surface area is 230 Å². The van der Waals surface area contributed by atoms with Crippen molar-refractivity contribution in [1.82, 2.24) is 9.80 Å². The number of carbonyl (C=O) groups is 4. The van der Waals surface area contributed by atoms with Gasteiger partial charge in [-0.1, -0.05) is 6.08 Å². The van der Waals surface area contributed by atoms with E-state index in [1.807, 2.05) is 39.1 Å². The smallest absolute Gasteiger partial charge is 0.414 e. The Morgan fingerprint density at radius 1 is 1.05 bits per heavy atom. The molecule has 1 aromatic rings. The van der Waals surface area contributed by atoms with Crippen LogP contribution in [0, 0.1) is 5.41 Å². The highest BCUT2D eigenvalue weighted by Crippen LogP contribution is 2.42. The van der Waals surface area contributed by atoms with E-state index in [0.29, 0.717) is 12.1 Å². The molecule has 0 aromatic heterocycles.